The molecule has 188 valence electrons. The average Bonchev–Trinajstić information content (AvgIpc) is 2.78. The molecule has 0 aliphatic heterocycles. The van der Waals surface area contributed by atoms with Gasteiger partial charge in [-0.25, -0.2) is 9.59 Å². The first-order valence-electron chi connectivity index (χ1n) is 13.5. The summed E-state index contributed by atoms with van der Waals surface area (Å²) in [5.74, 6) is -1.21. The van der Waals surface area contributed by atoms with E-state index in [0.717, 1.165) is 25.7 Å². The number of carbonyl (C=O) groups is 2. The molecule has 0 amide bonds. The Morgan fingerprint density at radius 1 is 0.758 bits per heavy atom. The normalized spacial score (nSPS) is 12.1. The Morgan fingerprint density at radius 2 is 1.21 bits per heavy atom. The van der Waals surface area contributed by atoms with Crippen LogP contribution in [0.2, 0.25) is 0 Å². The highest BCUT2D eigenvalue weighted by Gasteiger charge is 2.21. The number of esters is 1. The van der Waals surface area contributed by atoms with Gasteiger partial charge < -0.3 is 9.84 Å². The fraction of sp³-hybridized carbons (Fsp3) is 0.724. The number of hydrogen-bond acceptors (Lipinski definition) is 3. The largest absolute Gasteiger partial charge is 0.478 e. The Labute approximate surface area is 202 Å². The molecule has 1 unspecified atom stereocenters. The van der Waals surface area contributed by atoms with Gasteiger partial charge in [-0.05, 0) is 37.3 Å². The molecule has 4 nitrogen and oxygen atoms in total. The first-order chi connectivity index (χ1) is 16.0. The Balaban J connectivity index is 2.21. The third kappa shape index (κ3) is 14.1. The Hall–Kier alpha value is -1.84. The molecule has 0 aromatic heterocycles. The van der Waals surface area contributed by atoms with Crippen LogP contribution in [-0.4, -0.2) is 23.1 Å². The second-order valence-electron chi connectivity index (χ2n) is 9.89. The van der Waals surface area contributed by atoms with Crippen LogP contribution in [0.15, 0.2) is 24.3 Å². The van der Waals surface area contributed by atoms with E-state index < -0.39 is 11.9 Å². The molecule has 0 radical (unpaired) electrons. The SMILES string of the molecule is CCCCCCCCCCCCCCCCC(CC(C)C)OC(=O)c1ccccc1C(=O)O. The van der Waals surface area contributed by atoms with Crippen molar-refractivity contribution in [2.45, 2.75) is 130 Å². The van der Waals surface area contributed by atoms with E-state index in [2.05, 4.69) is 20.8 Å². The molecule has 0 fully saturated rings. The zero-order valence-corrected chi connectivity index (χ0v) is 21.4. The monoisotopic (exact) mass is 460 g/mol. The van der Waals surface area contributed by atoms with E-state index in [0.29, 0.717) is 5.92 Å². The van der Waals surface area contributed by atoms with Crippen molar-refractivity contribution in [1.29, 1.82) is 0 Å². The van der Waals surface area contributed by atoms with E-state index in [1.807, 2.05) is 0 Å². The zero-order chi connectivity index (χ0) is 24.3. The standard InChI is InChI=1S/C29H48O4/c1-4-5-6-7-8-9-10-11-12-13-14-15-16-17-20-25(23-24(2)3)33-29(32)27-22-19-18-21-26(27)28(30)31/h18-19,21-22,24-25H,4-17,20,23H2,1-3H3,(H,30,31). The smallest absolute Gasteiger partial charge is 0.339 e. The van der Waals surface area contributed by atoms with E-state index in [4.69, 9.17) is 4.74 Å². The van der Waals surface area contributed by atoms with Crippen LogP contribution in [-0.2, 0) is 4.74 Å². The summed E-state index contributed by atoms with van der Waals surface area (Å²) < 4.78 is 5.75. The lowest BCUT2D eigenvalue weighted by molar-refractivity contribution is 0.0220. The third-order valence-corrected chi connectivity index (χ3v) is 6.27. The van der Waals surface area contributed by atoms with Crippen LogP contribution in [0, 0.1) is 5.92 Å². The molecule has 0 spiro atoms. The Morgan fingerprint density at radius 3 is 1.67 bits per heavy atom. The van der Waals surface area contributed by atoms with Gasteiger partial charge in [0.15, 0.2) is 0 Å². The molecular weight excluding hydrogens is 412 g/mol. The van der Waals surface area contributed by atoms with Crippen molar-refractivity contribution in [2.75, 3.05) is 0 Å². The number of ether oxygens (including phenoxy) is 1. The molecule has 4 heteroatoms. The van der Waals surface area contributed by atoms with E-state index in [1.54, 1.807) is 12.1 Å². The average molecular weight is 461 g/mol. The van der Waals surface area contributed by atoms with Crippen LogP contribution >= 0.6 is 0 Å². The third-order valence-electron chi connectivity index (χ3n) is 6.27. The first-order valence-corrected chi connectivity index (χ1v) is 13.5. The van der Waals surface area contributed by atoms with Gasteiger partial charge in [-0.2, -0.15) is 0 Å². The molecule has 0 saturated heterocycles. The molecule has 0 bridgehead atoms. The summed E-state index contributed by atoms with van der Waals surface area (Å²) in [5, 5.41) is 9.33. The predicted molar refractivity (Wildman–Crippen MR) is 137 cm³/mol. The maximum absolute atomic E-state index is 12.6. The van der Waals surface area contributed by atoms with Crippen LogP contribution in [0.25, 0.3) is 0 Å². The van der Waals surface area contributed by atoms with Crippen molar-refractivity contribution in [3.05, 3.63) is 35.4 Å². The second-order valence-corrected chi connectivity index (χ2v) is 9.89. The van der Waals surface area contributed by atoms with Gasteiger partial charge in [0.2, 0.25) is 0 Å². The quantitative estimate of drug-likeness (QED) is 0.156. The summed E-state index contributed by atoms with van der Waals surface area (Å²) in [6, 6.07) is 6.28. The highest BCUT2D eigenvalue weighted by molar-refractivity contribution is 6.02. The summed E-state index contributed by atoms with van der Waals surface area (Å²) in [5.41, 5.74) is 0.141. The lowest BCUT2D eigenvalue weighted by Crippen LogP contribution is -2.22. The fourth-order valence-corrected chi connectivity index (χ4v) is 4.38. The van der Waals surface area contributed by atoms with Crippen molar-refractivity contribution in [1.82, 2.24) is 0 Å². The van der Waals surface area contributed by atoms with Gasteiger partial charge in [-0.1, -0.05) is 116 Å². The van der Waals surface area contributed by atoms with Crippen LogP contribution in [0.1, 0.15) is 144 Å². The highest BCUT2D eigenvalue weighted by atomic mass is 16.5. The molecule has 0 saturated carbocycles. The number of hydrogen-bond donors (Lipinski definition) is 1. The zero-order valence-electron chi connectivity index (χ0n) is 21.4. The lowest BCUT2D eigenvalue weighted by atomic mass is 9.99. The van der Waals surface area contributed by atoms with Crippen molar-refractivity contribution in [2.24, 2.45) is 5.92 Å². The molecule has 0 heterocycles. The minimum absolute atomic E-state index is 0.00212. The summed E-state index contributed by atoms with van der Waals surface area (Å²) in [7, 11) is 0. The molecule has 1 N–H and O–H groups in total. The molecule has 0 aliphatic rings. The molecule has 1 aromatic carbocycles. The van der Waals surface area contributed by atoms with Gasteiger partial charge in [0, 0.05) is 0 Å². The molecule has 1 rings (SSSR count). The van der Waals surface area contributed by atoms with E-state index in [-0.39, 0.29) is 17.2 Å². The number of unbranched alkanes of at least 4 members (excludes halogenated alkanes) is 13. The van der Waals surface area contributed by atoms with Gasteiger partial charge in [0.25, 0.3) is 0 Å². The highest BCUT2D eigenvalue weighted by Crippen LogP contribution is 2.20. The van der Waals surface area contributed by atoms with E-state index in [9.17, 15) is 14.7 Å². The number of carboxylic acids is 1. The number of rotatable bonds is 20. The van der Waals surface area contributed by atoms with E-state index in [1.165, 1.54) is 89.2 Å². The van der Waals surface area contributed by atoms with Crippen LogP contribution in [0.3, 0.4) is 0 Å². The van der Waals surface area contributed by atoms with Crippen molar-refractivity contribution >= 4 is 11.9 Å². The maximum Gasteiger partial charge on any atom is 0.339 e. The van der Waals surface area contributed by atoms with Gasteiger partial charge in [-0.3, -0.25) is 0 Å². The molecular formula is C29H48O4. The molecule has 33 heavy (non-hydrogen) atoms. The summed E-state index contributed by atoms with van der Waals surface area (Å²) in [6.07, 6.45) is 20.0. The first kappa shape index (κ1) is 29.2. The predicted octanol–water partition coefficient (Wildman–Crippen LogP) is 8.83. The van der Waals surface area contributed by atoms with Gasteiger partial charge in [-0.15, -0.1) is 0 Å². The summed E-state index contributed by atoms with van der Waals surface area (Å²) in [6.45, 7) is 6.51. The Kier molecular flexibility index (Phi) is 16.4. The van der Waals surface area contributed by atoms with E-state index >= 15 is 0 Å². The molecule has 0 aliphatic carbocycles. The number of aromatic carboxylic acids is 1. The topological polar surface area (TPSA) is 63.6 Å². The minimum atomic E-state index is -1.10. The molecule has 1 aromatic rings. The van der Waals surface area contributed by atoms with Crippen molar-refractivity contribution in [3.63, 3.8) is 0 Å². The van der Waals surface area contributed by atoms with Crippen molar-refractivity contribution in [3.8, 4) is 0 Å². The van der Waals surface area contributed by atoms with Crippen molar-refractivity contribution < 1.29 is 19.4 Å². The number of carboxylic acid groups (broad SMARTS) is 1. The summed E-state index contributed by atoms with van der Waals surface area (Å²) in [4.78, 5) is 24.0. The number of benzene rings is 1. The second kappa shape index (κ2) is 18.6. The lowest BCUT2D eigenvalue weighted by Gasteiger charge is -2.20. The van der Waals surface area contributed by atoms with Crippen LogP contribution < -0.4 is 0 Å². The Bertz CT molecular complexity index is 653. The van der Waals surface area contributed by atoms with Gasteiger partial charge >= 0.3 is 11.9 Å². The minimum Gasteiger partial charge on any atom is -0.478 e. The fourth-order valence-electron chi connectivity index (χ4n) is 4.38. The maximum atomic E-state index is 12.6. The van der Waals surface area contributed by atoms with Gasteiger partial charge in [0.1, 0.15) is 6.10 Å². The van der Waals surface area contributed by atoms with Crippen LogP contribution in [0.4, 0.5) is 0 Å². The molecule has 1 atom stereocenters. The summed E-state index contributed by atoms with van der Waals surface area (Å²) >= 11 is 0. The number of carbonyl (C=O) groups excluding carboxylic acids is 1. The van der Waals surface area contributed by atoms with Crippen LogP contribution in [0.5, 0.6) is 0 Å². The van der Waals surface area contributed by atoms with Gasteiger partial charge in [0.05, 0.1) is 11.1 Å².